The van der Waals surface area contributed by atoms with Gasteiger partial charge < -0.3 is 16.0 Å². The molecule has 4 rings (SSSR count). The summed E-state index contributed by atoms with van der Waals surface area (Å²) in [5.41, 5.74) is 10.8. The Bertz CT molecular complexity index is 1160. The second-order valence-corrected chi connectivity index (χ2v) is 7.39. The largest absolute Gasteiger partial charge is 0.381 e. The molecule has 0 fully saturated rings. The first-order chi connectivity index (χ1) is 15.2. The van der Waals surface area contributed by atoms with Crippen LogP contribution in [-0.4, -0.2) is 46.0 Å². The molecule has 6 heteroatoms. The maximum atomic E-state index is 6.32. The van der Waals surface area contributed by atoms with E-state index in [9.17, 15) is 0 Å². The molecule has 0 radical (unpaired) electrons. The standard InChI is InChI=1S/C25H28N6/c1-3-31(4-2)16-15-28-25-24(26)29-22(18-9-6-5-7-10-18)23(30-25)20-12-13-21-19(17-20)11-8-14-27-21/h5-14,17H,3-4,15-16H2,1-2H3,(H2,26,29)(H,28,30). The molecule has 0 unspecified atom stereocenters. The minimum absolute atomic E-state index is 0.407. The van der Waals surface area contributed by atoms with Gasteiger partial charge in [-0.05, 0) is 31.3 Å². The highest BCUT2D eigenvalue weighted by Crippen LogP contribution is 2.33. The van der Waals surface area contributed by atoms with Crippen LogP contribution in [0.5, 0.6) is 0 Å². The summed E-state index contributed by atoms with van der Waals surface area (Å²) in [6, 6.07) is 20.2. The molecule has 158 valence electrons. The number of anilines is 2. The average Bonchev–Trinajstić information content (AvgIpc) is 2.83. The van der Waals surface area contributed by atoms with Crippen LogP contribution in [0.1, 0.15) is 13.8 Å². The summed E-state index contributed by atoms with van der Waals surface area (Å²) in [5, 5.41) is 4.45. The van der Waals surface area contributed by atoms with Crippen LogP contribution < -0.4 is 11.1 Å². The molecule has 3 N–H and O–H groups in total. The van der Waals surface area contributed by atoms with Crippen molar-refractivity contribution in [1.82, 2.24) is 19.9 Å². The van der Waals surface area contributed by atoms with Crippen molar-refractivity contribution in [3.05, 3.63) is 66.9 Å². The van der Waals surface area contributed by atoms with E-state index in [1.165, 1.54) is 0 Å². The first-order valence-electron chi connectivity index (χ1n) is 10.7. The molecule has 0 atom stereocenters. The summed E-state index contributed by atoms with van der Waals surface area (Å²) in [7, 11) is 0. The van der Waals surface area contributed by atoms with Crippen LogP contribution in [0, 0.1) is 0 Å². The lowest BCUT2D eigenvalue weighted by atomic mass is 10.0. The number of likely N-dealkylation sites (N-methyl/N-ethyl adjacent to an activating group) is 1. The number of pyridine rings is 1. The molecule has 0 bridgehead atoms. The van der Waals surface area contributed by atoms with E-state index < -0.39 is 0 Å². The molecule has 0 amide bonds. The number of rotatable bonds is 8. The van der Waals surface area contributed by atoms with Gasteiger partial charge in [-0.3, -0.25) is 4.98 Å². The second-order valence-electron chi connectivity index (χ2n) is 7.39. The van der Waals surface area contributed by atoms with Crippen LogP contribution in [0.15, 0.2) is 66.9 Å². The number of fused-ring (bicyclic) bond motifs is 1. The molecular weight excluding hydrogens is 384 g/mol. The van der Waals surface area contributed by atoms with Gasteiger partial charge in [0.2, 0.25) is 0 Å². The number of nitrogens with two attached hydrogens (primary N) is 1. The van der Waals surface area contributed by atoms with E-state index in [4.69, 9.17) is 15.7 Å². The van der Waals surface area contributed by atoms with Crippen molar-refractivity contribution in [3.8, 4) is 22.5 Å². The third kappa shape index (κ3) is 4.64. The molecule has 4 aromatic rings. The van der Waals surface area contributed by atoms with Gasteiger partial charge in [-0.2, -0.15) is 0 Å². The predicted molar refractivity (Wildman–Crippen MR) is 129 cm³/mol. The van der Waals surface area contributed by atoms with Crippen molar-refractivity contribution < 1.29 is 0 Å². The van der Waals surface area contributed by atoms with Gasteiger partial charge in [-0.15, -0.1) is 0 Å². The Morgan fingerprint density at radius 2 is 1.65 bits per heavy atom. The lowest BCUT2D eigenvalue weighted by Gasteiger charge is -2.19. The molecule has 0 saturated heterocycles. The van der Waals surface area contributed by atoms with Crippen LogP contribution in [0.25, 0.3) is 33.4 Å². The second kappa shape index (κ2) is 9.53. The Kier molecular flexibility index (Phi) is 6.38. The zero-order chi connectivity index (χ0) is 21.6. The number of aromatic nitrogens is 3. The Hall–Kier alpha value is -3.51. The fourth-order valence-electron chi connectivity index (χ4n) is 3.67. The van der Waals surface area contributed by atoms with E-state index in [1.807, 2.05) is 48.5 Å². The zero-order valence-electron chi connectivity index (χ0n) is 18.0. The fraction of sp³-hybridized carbons (Fsp3) is 0.240. The lowest BCUT2D eigenvalue weighted by molar-refractivity contribution is 0.316. The van der Waals surface area contributed by atoms with Gasteiger partial charge in [0.1, 0.15) is 0 Å². The quantitative estimate of drug-likeness (QED) is 0.437. The maximum absolute atomic E-state index is 6.32. The minimum atomic E-state index is 0.407. The molecule has 2 heterocycles. The first kappa shape index (κ1) is 20.8. The molecule has 2 aromatic heterocycles. The molecule has 0 spiro atoms. The predicted octanol–water partition coefficient (Wildman–Crippen LogP) is 4.69. The van der Waals surface area contributed by atoms with E-state index in [1.54, 1.807) is 6.20 Å². The summed E-state index contributed by atoms with van der Waals surface area (Å²) in [6.45, 7) is 8.04. The molecular formula is C25H28N6. The van der Waals surface area contributed by atoms with E-state index in [0.717, 1.165) is 59.6 Å². The van der Waals surface area contributed by atoms with Crippen molar-refractivity contribution in [2.75, 3.05) is 37.2 Å². The molecule has 31 heavy (non-hydrogen) atoms. The van der Waals surface area contributed by atoms with Crippen molar-refractivity contribution in [1.29, 1.82) is 0 Å². The summed E-state index contributed by atoms with van der Waals surface area (Å²) in [5.74, 6) is 1.03. The number of nitrogens with one attached hydrogen (secondary N) is 1. The molecule has 0 aliphatic carbocycles. The Labute approximate surface area is 183 Å². The smallest absolute Gasteiger partial charge is 0.169 e. The van der Waals surface area contributed by atoms with Crippen molar-refractivity contribution in [2.24, 2.45) is 0 Å². The normalized spacial score (nSPS) is 11.2. The van der Waals surface area contributed by atoms with Crippen LogP contribution >= 0.6 is 0 Å². The third-order valence-corrected chi connectivity index (χ3v) is 5.46. The van der Waals surface area contributed by atoms with Crippen molar-refractivity contribution in [2.45, 2.75) is 13.8 Å². The van der Waals surface area contributed by atoms with E-state index in [-0.39, 0.29) is 0 Å². The van der Waals surface area contributed by atoms with Crippen LogP contribution in [0.4, 0.5) is 11.6 Å². The maximum Gasteiger partial charge on any atom is 0.169 e. The van der Waals surface area contributed by atoms with Crippen molar-refractivity contribution in [3.63, 3.8) is 0 Å². The topological polar surface area (TPSA) is 80.0 Å². The van der Waals surface area contributed by atoms with E-state index in [2.05, 4.69) is 41.2 Å². The van der Waals surface area contributed by atoms with Gasteiger partial charge in [0.05, 0.1) is 16.9 Å². The third-order valence-electron chi connectivity index (χ3n) is 5.46. The fourth-order valence-corrected chi connectivity index (χ4v) is 3.67. The molecule has 0 saturated carbocycles. The van der Waals surface area contributed by atoms with Crippen LogP contribution in [0.3, 0.4) is 0 Å². The molecule has 6 nitrogen and oxygen atoms in total. The number of hydrogen-bond donors (Lipinski definition) is 2. The number of benzene rings is 2. The first-order valence-corrected chi connectivity index (χ1v) is 10.7. The van der Waals surface area contributed by atoms with Gasteiger partial charge >= 0.3 is 0 Å². The Morgan fingerprint density at radius 3 is 2.42 bits per heavy atom. The Balaban J connectivity index is 1.76. The number of hydrogen-bond acceptors (Lipinski definition) is 6. The van der Waals surface area contributed by atoms with Gasteiger partial charge in [0.25, 0.3) is 0 Å². The van der Waals surface area contributed by atoms with Gasteiger partial charge in [0.15, 0.2) is 11.6 Å². The number of nitrogen functional groups attached to an aromatic ring is 1. The SMILES string of the molecule is CCN(CC)CCNc1nc(-c2ccc3ncccc3c2)c(-c2ccccc2)nc1N. The molecule has 2 aromatic carbocycles. The summed E-state index contributed by atoms with van der Waals surface area (Å²) < 4.78 is 0. The number of nitrogens with zero attached hydrogens (tertiary/aromatic N) is 4. The van der Waals surface area contributed by atoms with Gasteiger partial charge in [-0.1, -0.05) is 56.3 Å². The lowest BCUT2D eigenvalue weighted by Crippen LogP contribution is -2.29. The summed E-state index contributed by atoms with van der Waals surface area (Å²) in [6.07, 6.45) is 1.80. The highest BCUT2D eigenvalue weighted by molar-refractivity contribution is 5.88. The van der Waals surface area contributed by atoms with Gasteiger partial charge in [0, 0.05) is 35.8 Å². The summed E-state index contributed by atoms with van der Waals surface area (Å²) >= 11 is 0. The minimum Gasteiger partial charge on any atom is -0.381 e. The van der Waals surface area contributed by atoms with Crippen LogP contribution in [-0.2, 0) is 0 Å². The Morgan fingerprint density at radius 1 is 0.871 bits per heavy atom. The molecule has 0 aliphatic heterocycles. The highest BCUT2D eigenvalue weighted by Gasteiger charge is 2.16. The van der Waals surface area contributed by atoms with E-state index >= 15 is 0 Å². The van der Waals surface area contributed by atoms with Gasteiger partial charge in [-0.25, -0.2) is 9.97 Å². The average molecular weight is 413 g/mol. The zero-order valence-corrected chi connectivity index (χ0v) is 18.0. The summed E-state index contributed by atoms with van der Waals surface area (Å²) in [4.78, 5) is 16.5. The van der Waals surface area contributed by atoms with E-state index in [0.29, 0.717) is 11.6 Å². The van der Waals surface area contributed by atoms with Crippen molar-refractivity contribution >= 4 is 22.5 Å². The van der Waals surface area contributed by atoms with Crippen LogP contribution in [0.2, 0.25) is 0 Å². The monoisotopic (exact) mass is 412 g/mol. The highest BCUT2D eigenvalue weighted by atomic mass is 15.1. The molecule has 0 aliphatic rings.